The molecule has 24 nitrogen and oxygen atoms in total. The number of unbranched alkanes of at least 4 members (excludes halogenated alkanes) is 15. The number of amides is 2. The van der Waals surface area contributed by atoms with Crippen LogP contribution in [0.25, 0.3) is 11.2 Å². The maximum absolute atomic E-state index is 12.8. The molecule has 28 heteroatoms. The van der Waals surface area contributed by atoms with Crippen LogP contribution >= 0.6 is 35.2 Å². The van der Waals surface area contributed by atoms with Crippen LogP contribution in [-0.4, -0.2) is 123 Å². The predicted molar refractivity (Wildman–Crippen MR) is 274 cm³/mol. The summed E-state index contributed by atoms with van der Waals surface area (Å²) in [6, 6.07) is 0. The van der Waals surface area contributed by atoms with Gasteiger partial charge in [-0.1, -0.05) is 155 Å². The average Bonchev–Trinajstić information content (AvgIpc) is 3.88. The van der Waals surface area contributed by atoms with E-state index in [1.807, 2.05) is 0 Å². The number of hydrogen-bond donors (Lipinski definition) is 9. The molecule has 1 fully saturated rings. The number of nitrogens with zero attached hydrogens (tertiary/aromatic N) is 4. The van der Waals surface area contributed by atoms with Crippen molar-refractivity contribution in [3.63, 3.8) is 0 Å². The molecular formula is C45H82N7O17P3S. The smallest absolute Gasteiger partial charge is 0.386 e. The molecule has 0 bridgehead atoms. The predicted octanol–water partition coefficient (Wildman–Crippen LogP) is 7.12. The summed E-state index contributed by atoms with van der Waals surface area (Å²) in [7, 11) is -16.4. The van der Waals surface area contributed by atoms with Gasteiger partial charge in [-0.3, -0.25) is 32.5 Å². The van der Waals surface area contributed by atoms with Crippen molar-refractivity contribution >= 4 is 69.1 Å². The van der Waals surface area contributed by atoms with E-state index in [9.17, 15) is 57.9 Å². The number of phosphoric acid groups is 3. The number of phosphoric ester groups is 3. The standard InChI is InChI=1S/C45H82N7O17P3S/c1-5-6-19-22-33(2)23-20-17-15-13-11-9-7-8-10-12-14-16-18-21-24-36(54)73-28-27-47-35(53)25-26-48-43(57)40(56)45(3,4)30-66-72(63,64)69-71(61,62)65-29-34-39(68-70(58,59)60)38(55)44(67-34)52-32-51-37-41(46)49-31-50-42(37)52/h31-34,38-40,44,55-56H,5-30H2,1-4H3,(H,47,53)(H,48,57)(H,61,62)(H,63,64)(H2,46,49,50)(H2,58,59,60). The lowest BCUT2D eigenvalue weighted by atomic mass is 9.87. The first kappa shape index (κ1) is 64.8. The topological polar surface area (TPSA) is 364 Å². The molecule has 10 N–H and O–H groups in total. The van der Waals surface area contributed by atoms with Crippen molar-refractivity contribution in [1.29, 1.82) is 0 Å². The summed E-state index contributed by atoms with van der Waals surface area (Å²) in [6.07, 6.45) is 17.9. The van der Waals surface area contributed by atoms with Crippen LogP contribution in [0.2, 0.25) is 0 Å². The molecule has 2 aromatic rings. The summed E-state index contributed by atoms with van der Waals surface area (Å²) in [6.45, 7) is 5.26. The number of hydrogen-bond acceptors (Lipinski definition) is 18. The van der Waals surface area contributed by atoms with Gasteiger partial charge in [-0.2, -0.15) is 4.31 Å². The molecule has 0 aromatic carbocycles. The largest absolute Gasteiger partial charge is 0.481 e. The molecule has 1 aliphatic heterocycles. The van der Waals surface area contributed by atoms with Crippen molar-refractivity contribution in [3.05, 3.63) is 12.7 Å². The van der Waals surface area contributed by atoms with E-state index in [-0.39, 0.29) is 41.6 Å². The van der Waals surface area contributed by atoms with Gasteiger partial charge in [-0.05, 0) is 12.3 Å². The minimum atomic E-state index is -5.58. The zero-order valence-corrected chi connectivity index (χ0v) is 46.3. The Balaban J connectivity index is 1.23. The molecule has 420 valence electrons. The van der Waals surface area contributed by atoms with Crippen LogP contribution < -0.4 is 16.4 Å². The number of aliphatic hydroxyl groups excluding tert-OH is 2. The van der Waals surface area contributed by atoms with Crippen molar-refractivity contribution in [3.8, 4) is 0 Å². The molecule has 3 heterocycles. The number of aliphatic hydroxyl groups is 2. The van der Waals surface area contributed by atoms with Crippen LogP contribution in [0.5, 0.6) is 0 Å². The second kappa shape index (κ2) is 33.0. The minimum Gasteiger partial charge on any atom is -0.386 e. The summed E-state index contributed by atoms with van der Waals surface area (Å²) >= 11 is 1.16. The number of anilines is 1. The number of rotatable bonds is 40. The summed E-state index contributed by atoms with van der Waals surface area (Å²) in [5, 5.41) is 26.7. The Morgan fingerprint density at radius 3 is 2.00 bits per heavy atom. The molecule has 2 aromatic heterocycles. The van der Waals surface area contributed by atoms with Crippen molar-refractivity contribution in [2.75, 3.05) is 37.8 Å². The number of carbonyl (C=O) groups excluding carboxylic acids is 3. The maximum Gasteiger partial charge on any atom is 0.481 e. The van der Waals surface area contributed by atoms with Crippen molar-refractivity contribution in [2.24, 2.45) is 11.3 Å². The number of nitrogens with two attached hydrogens (primary N) is 1. The number of ether oxygens (including phenoxy) is 1. The fourth-order valence-electron chi connectivity index (χ4n) is 8.14. The fraction of sp³-hybridized carbons (Fsp3) is 0.822. The third-order valence-electron chi connectivity index (χ3n) is 12.4. The summed E-state index contributed by atoms with van der Waals surface area (Å²) in [5.41, 5.74) is 4.30. The molecule has 1 saturated heterocycles. The van der Waals surface area contributed by atoms with E-state index >= 15 is 0 Å². The lowest BCUT2D eigenvalue weighted by Gasteiger charge is -2.30. The molecule has 0 saturated carbocycles. The SMILES string of the molecule is CCCCCC(C)CCCCCCCCCCCCCCCCC(=O)SCCNC(=O)CCNC(=O)C(O)C(C)(C)COP(=O)(O)OP(=O)(O)OCC1OC(n2cnc3c(N)ncnc32)C(O)C1OP(=O)(O)O. The molecule has 3 rings (SSSR count). The summed E-state index contributed by atoms with van der Waals surface area (Å²) in [5.74, 6) is -0.133. The molecule has 2 amide bonds. The number of fused-ring (bicyclic) bond motifs is 1. The van der Waals surface area contributed by atoms with E-state index < -0.39 is 84.6 Å². The third-order valence-corrected chi connectivity index (χ3v) is 16.4. The van der Waals surface area contributed by atoms with E-state index in [1.165, 1.54) is 117 Å². The van der Waals surface area contributed by atoms with Crippen LogP contribution in [0.4, 0.5) is 5.82 Å². The fourth-order valence-corrected chi connectivity index (χ4v) is 11.7. The van der Waals surface area contributed by atoms with Crippen LogP contribution in [0.3, 0.4) is 0 Å². The quantitative estimate of drug-likeness (QED) is 0.0237. The van der Waals surface area contributed by atoms with Gasteiger partial charge in [0.05, 0.1) is 19.5 Å². The van der Waals surface area contributed by atoms with Gasteiger partial charge >= 0.3 is 23.5 Å². The zero-order valence-electron chi connectivity index (χ0n) is 42.8. The normalized spacial score (nSPS) is 19.9. The van der Waals surface area contributed by atoms with Gasteiger partial charge in [-0.25, -0.2) is 28.6 Å². The van der Waals surface area contributed by atoms with Gasteiger partial charge in [0.15, 0.2) is 22.8 Å². The number of nitrogens with one attached hydrogen (secondary N) is 2. The zero-order chi connectivity index (χ0) is 54.1. The number of thioether (sulfide) groups is 1. The highest BCUT2D eigenvalue weighted by Crippen LogP contribution is 2.61. The number of carbonyl (C=O) groups is 3. The van der Waals surface area contributed by atoms with E-state index in [1.54, 1.807) is 0 Å². The van der Waals surface area contributed by atoms with Crippen molar-refractivity contribution in [2.45, 2.75) is 193 Å². The summed E-state index contributed by atoms with van der Waals surface area (Å²) in [4.78, 5) is 88.6. The number of aromatic nitrogens is 4. The monoisotopic (exact) mass is 1120 g/mol. The first-order valence-corrected chi connectivity index (χ1v) is 31.0. The van der Waals surface area contributed by atoms with Crippen LogP contribution in [0.15, 0.2) is 12.7 Å². The van der Waals surface area contributed by atoms with E-state index in [0.717, 1.165) is 54.2 Å². The Hall–Kier alpha value is -2.44. The number of nitrogen functional groups attached to an aromatic ring is 1. The number of imidazole rings is 1. The van der Waals surface area contributed by atoms with Gasteiger partial charge in [0, 0.05) is 37.1 Å². The third kappa shape index (κ3) is 25.5. The Labute approximate surface area is 433 Å². The second-order valence-corrected chi connectivity index (χ2v) is 24.8. The average molecular weight is 1120 g/mol. The van der Waals surface area contributed by atoms with Crippen LogP contribution in [0, 0.1) is 11.3 Å². The minimum absolute atomic E-state index is 0.0344. The highest BCUT2D eigenvalue weighted by atomic mass is 32.2. The molecule has 73 heavy (non-hydrogen) atoms. The first-order chi connectivity index (χ1) is 34.4. The van der Waals surface area contributed by atoms with Gasteiger partial charge in [-0.15, -0.1) is 0 Å². The first-order valence-electron chi connectivity index (χ1n) is 25.5. The van der Waals surface area contributed by atoms with E-state index in [4.69, 9.17) is 19.5 Å². The molecule has 1 aliphatic rings. The van der Waals surface area contributed by atoms with Gasteiger partial charge in [0.2, 0.25) is 11.8 Å². The van der Waals surface area contributed by atoms with Gasteiger partial charge in [0.25, 0.3) is 0 Å². The maximum atomic E-state index is 12.8. The Morgan fingerprint density at radius 1 is 0.822 bits per heavy atom. The highest BCUT2D eigenvalue weighted by Gasteiger charge is 2.50. The molecular weight excluding hydrogens is 1040 g/mol. The van der Waals surface area contributed by atoms with Crippen molar-refractivity contribution < 1.29 is 80.5 Å². The lowest BCUT2D eigenvalue weighted by molar-refractivity contribution is -0.137. The van der Waals surface area contributed by atoms with Crippen molar-refractivity contribution in [1.82, 2.24) is 30.2 Å². The second-order valence-electron chi connectivity index (χ2n) is 19.4. The van der Waals surface area contributed by atoms with Crippen LogP contribution in [-0.2, 0) is 50.7 Å². The molecule has 0 spiro atoms. The Kier molecular flexibility index (Phi) is 29.3. The van der Waals surface area contributed by atoms with Gasteiger partial charge in [0.1, 0.15) is 36.3 Å². The van der Waals surface area contributed by atoms with E-state index in [0.29, 0.717) is 12.2 Å². The molecule has 8 unspecified atom stereocenters. The molecule has 0 radical (unpaired) electrons. The Bertz CT molecular complexity index is 2120. The van der Waals surface area contributed by atoms with Gasteiger partial charge < -0.3 is 50.9 Å². The Morgan fingerprint density at radius 2 is 1.40 bits per heavy atom. The van der Waals surface area contributed by atoms with E-state index in [2.05, 4.69) is 48.3 Å². The van der Waals surface area contributed by atoms with Crippen LogP contribution in [0.1, 0.15) is 169 Å². The molecule has 0 aliphatic carbocycles. The summed E-state index contributed by atoms with van der Waals surface area (Å²) < 4.78 is 62.5. The lowest BCUT2D eigenvalue weighted by Crippen LogP contribution is -2.46. The highest BCUT2D eigenvalue weighted by molar-refractivity contribution is 8.13. The molecule has 8 atom stereocenters.